The van der Waals surface area contributed by atoms with Gasteiger partial charge in [-0.2, -0.15) is 4.98 Å². The zero-order valence-corrected chi connectivity index (χ0v) is 15.7. The van der Waals surface area contributed by atoms with Gasteiger partial charge >= 0.3 is 0 Å². The standard InChI is InChI=1S/C16H22N4O3.2ClH/c1-20(11-16(21)10-17-7-8-22-12-16)9-14-18-15(19-23-14)13-5-3-2-4-6-13;;/h2-6,17,21H,7-12H2,1H3;2*1H. The molecule has 1 aliphatic rings. The lowest BCUT2D eigenvalue weighted by Gasteiger charge is -2.30. The molecular formula is C16H24Cl2N4O3. The van der Waals surface area contributed by atoms with Crippen molar-refractivity contribution in [2.75, 3.05) is 39.9 Å². The highest BCUT2D eigenvalue weighted by Crippen LogP contribution is 2.16. The van der Waals surface area contributed by atoms with Crippen LogP contribution in [0.3, 0.4) is 0 Å². The third-order valence-electron chi connectivity index (χ3n) is 3.72. The Kier molecular flexibility index (Phi) is 8.78. The predicted octanol–water partition coefficient (Wildman–Crippen LogP) is 1.36. The maximum Gasteiger partial charge on any atom is 0.241 e. The number of aromatic nitrogens is 2. The van der Waals surface area contributed by atoms with Crippen LogP contribution in [-0.4, -0.2) is 65.6 Å². The largest absolute Gasteiger partial charge is 0.385 e. The van der Waals surface area contributed by atoms with E-state index < -0.39 is 5.60 Å². The lowest BCUT2D eigenvalue weighted by Crippen LogP contribution is -2.50. The van der Waals surface area contributed by atoms with E-state index in [2.05, 4.69) is 15.5 Å². The monoisotopic (exact) mass is 390 g/mol. The lowest BCUT2D eigenvalue weighted by atomic mass is 10.1. The molecule has 0 aliphatic carbocycles. The number of β-amino-alcohol motifs (C(OH)–C–C–N with tert-alkyl or cyclic N) is 1. The minimum atomic E-state index is -0.909. The maximum atomic E-state index is 10.6. The number of rotatable bonds is 5. The van der Waals surface area contributed by atoms with Gasteiger partial charge in [0.15, 0.2) is 0 Å². The summed E-state index contributed by atoms with van der Waals surface area (Å²) >= 11 is 0. The van der Waals surface area contributed by atoms with Crippen LogP contribution in [0.5, 0.6) is 0 Å². The number of aliphatic hydroxyl groups is 1. The number of benzene rings is 1. The molecular weight excluding hydrogens is 367 g/mol. The molecule has 0 spiro atoms. The number of ether oxygens (including phenoxy) is 1. The second-order valence-corrected chi connectivity index (χ2v) is 6.00. The van der Waals surface area contributed by atoms with Gasteiger partial charge in [0.05, 0.1) is 19.8 Å². The zero-order valence-electron chi connectivity index (χ0n) is 14.1. The van der Waals surface area contributed by atoms with E-state index in [1.165, 1.54) is 0 Å². The van der Waals surface area contributed by atoms with Crippen molar-refractivity contribution in [1.29, 1.82) is 0 Å². The minimum absolute atomic E-state index is 0. The van der Waals surface area contributed by atoms with Crippen molar-refractivity contribution >= 4 is 24.8 Å². The molecule has 1 aliphatic heterocycles. The summed E-state index contributed by atoms with van der Waals surface area (Å²) in [7, 11) is 1.91. The molecule has 2 aromatic rings. The van der Waals surface area contributed by atoms with Crippen LogP contribution in [0.2, 0.25) is 0 Å². The first-order chi connectivity index (χ1) is 11.1. The zero-order chi connectivity index (χ0) is 16.1. The third kappa shape index (κ3) is 6.22. The molecule has 25 heavy (non-hydrogen) atoms. The van der Waals surface area contributed by atoms with Gasteiger partial charge in [-0.15, -0.1) is 24.8 Å². The fourth-order valence-corrected chi connectivity index (χ4v) is 2.69. The van der Waals surface area contributed by atoms with E-state index in [1.54, 1.807) is 0 Å². The molecule has 2 heterocycles. The summed E-state index contributed by atoms with van der Waals surface area (Å²) in [5.74, 6) is 1.10. The highest BCUT2D eigenvalue weighted by molar-refractivity contribution is 5.85. The first-order valence-electron chi connectivity index (χ1n) is 7.72. The molecule has 1 fully saturated rings. The number of nitrogens with one attached hydrogen (secondary N) is 1. The minimum Gasteiger partial charge on any atom is -0.385 e. The van der Waals surface area contributed by atoms with Crippen LogP contribution >= 0.6 is 24.8 Å². The van der Waals surface area contributed by atoms with Crippen LogP contribution in [0.4, 0.5) is 0 Å². The van der Waals surface area contributed by atoms with Crippen LogP contribution in [-0.2, 0) is 11.3 Å². The topological polar surface area (TPSA) is 83.7 Å². The van der Waals surface area contributed by atoms with Gasteiger partial charge in [-0.25, -0.2) is 0 Å². The fourth-order valence-electron chi connectivity index (χ4n) is 2.69. The predicted molar refractivity (Wildman–Crippen MR) is 99.2 cm³/mol. The average Bonchev–Trinajstić information content (AvgIpc) is 2.89. The Morgan fingerprint density at radius 1 is 1.28 bits per heavy atom. The van der Waals surface area contributed by atoms with Crippen molar-refractivity contribution in [3.8, 4) is 11.4 Å². The van der Waals surface area contributed by atoms with Gasteiger partial charge in [-0.3, -0.25) is 4.90 Å². The normalized spacial score (nSPS) is 20.4. The number of nitrogens with zero attached hydrogens (tertiary/aromatic N) is 3. The highest BCUT2D eigenvalue weighted by atomic mass is 35.5. The Balaban J connectivity index is 0.00000156. The molecule has 140 valence electrons. The summed E-state index contributed by atoms with van der Waals surface area (Å²) in [6.45, 7) is 3.15. The van der Waals surface area contributed by atoms with E-state index in [9.17, 15) is 5.11 Å². The molecule has 7 nitrogen and oxygen atoms in total. The maximum absolute atomic E-state index is 10.6. The van der Waals surface area contributed by atoms with Crippen molar-refractivity contribution in [3.05, 3.63) is 36.2 Å². The second kappa shape index (κ2) is 10.1. The summed E-state index contributed by atoms with van der Waals surface area (Å²) in [6, 6.07) is 9.70. The first kappa shape index (κ1) is 21.8. The molecule has 2 N–H and O–H groups in total. The summed E-state index contributed by atoms with van der Waals surface area (Å²) in [5.41, 5.74) is 0.0122. The molecule has 3 rings (SSSR count). The quantitative estimate of drug-likeness (QED) is 0.797. The van der Waals surface area contributed by atoms with Crippen molar-refractivity contribution in [2.45, 2.75) is 12.1 Å². The molecule has 1 aromatic heterocycles. The molecule has 0 saturated carbocycles. The van der Waals surface area contributed by atoms with Gasteiger partial charge in [-0.1, -0.05) is 35.5 Å². The number of likely N-dealkylation sites (N-methyl/N-ethyl adjacent to an activating group) is 1. The Hall–Kier alpha value is -1.22. The summed E-state index contributed by atoms with van der Waals surface area (Å²) in [4.78, 5) is 6.36. The molecule has 1 aromatic carbocycles. The van der Waals surface area contributed by atoms with Gasteiger partial charge in [-0.05, 0) is 7.05 Å². The molecule has 1 unspecified atom stereocenters. The summed E-state index contributed by atoms with van der Waals surface area (Å²) in [5, 5.41) is 17.8. The molecule has 0 amide bonds. The Labute approximate surface area is 159 Å². The smallest absolute Gasteiger partial charge is 0.241 e. The number of halogens is 2. The van der Waals surface area contributed by atoms with Gasteiger partial charge in [0.2, 0.25) is 11.7 Å². The van der Waals surface area contributed by atoms with E-state index in [0.717, 1.165) is 12.1 Å². The highest BCUT2D eigenvalue weighted by Gasteiger charge is 2.30. The summed E-state index contributed by atoms with van der Waals surface area (Å²) in [6.07, 6.45) is 0. The molecule has 1 atom stereocenters. The van der Waals surface area contributed by atoms with Crippen LogP contribution in [0, 0.1) is 0 Å². The SMILES string of the molecule is CN(Cc1nc(-c2ccccc2)no1)CC1(O)CNCCOC1.Cl.Cl. The van der Waals surface area contributed by atoms with Gasteiger partial charge in [0.25, 0.3) is 0 Å². The second-order valence-electron chi connectivity index (χ2n) is 6.00. The molecule has 9 heteroatoms. The van der Waals surface area contributed by atoms with Crippen molar-refractivity contribution in [1.82, 2.24) is 20.4 Å². The fraction of sp³-hybridized carbons (Fsp3) is 0.500. The van der Waals surface area contributed by atoms with Crippen LogP contribution in [0.1, 0.15) is 5.89 Å². The van der Waals surface area contributed by atoms with Crippen LogP contribution < -0.4 is 5.32 Å². The van der Waals surface area contributed by atoms with Gasteiger partial charge < -0.3 is 19.7 Å². The van der Waals surface area contributed by atoms with Crippen molar-refractivity contribution in [3.63, 3.8) is 0 Å². The number of hydrogen-bond donors (Lipinski definition) is 2. The summed E-state index contributed by atoms with van der Waals surface area (Å²) < 4.78 is 10.7. The molecule has 1 saturated heterocycles. The Morgan fingerprint density at radius 3 is 2.80 bits per heavy atom. The molecule has 0 bridgehead atoms. The Bertz CT molecular complexity index is 619. The Morgan fingerprint density at radius 2 is 2.04 bits per heavy atom. The van der Waals surface area contributed by atoms with Crippen molar-refractivity contribution < 1.29 is 14.4 Å². The first-order valence-corrected chi connectivity index (χ1v) is 7.72. The molecule has 0 radical (unpaired) electrons. The van der Waals surface area contributed by atoms with E-state index in [0.29, 0.717) is 44.6 Å². The van der Waals surface area contributed by atoms with Gasteiger partial charge in [0.1, 0.15) is 5.60 Å². The van der Waals surface area contributed by atoms with Crippen LogP contribution in [0.25, 0.3) is 11.4 Å². The third-order valence-corrected chi connectivity index (χ3v) is 3.72. The van der Waals surface area contributed by atoms with E-state index in [4.69, 9.17) is 9.26 Å². The lowest BCUT2D eigenvalue weighted by molar-refractivity contribution is -0.0471. The van der Waals surface area contributed by atoms with Crippen molar-refractivity contribution in [2.24, 2.45) is 0 Å². The van der Waals surface area contributed by atoms with Gasteiger partial charge in [0, 0.05) is 25.2 Å². The van der Waals surface area contributed by atoms with E-state index in [-0.39, 0.29) is 24.8 Å². The number of hydrogen-bond acceptors (Lipinski definition) is 7. The van der Waals surface area contributed by atoms with Crippen LogP contribution in [0.15, 0.2) is 34.9 Å². The van der Waals surface area contributed by atoms with E-state index in [1.807, 2.05) is 42.3 Å². The van der Waals surface area contributed by atoms with E-state index >= 15 is 0 Å². The average molecular weight is 391 g/mol.